The molecule has 0 spiro atoms. The Balaban J connectivity index is 5.10. The average molecular weight is 1230 g/mol. The maximum absolute atomic E-state index is 13.6. The van der Waals surface area contributed by atoms with Gasteiger partial charge in [0.2, 0.25) is 5.91 Å². The number of rotatable bonds is 62. The predicted molar refractivity (Wildman–Crippen MR) is 376 cm³/mol. The van der Waals surface area contributed by atoms with Crippen LogP contribution in [0.3, 0.4) is 0 Å². The number of likely N-dealkylation sites (N-methyl/N-ethyl adjacent to an activating group) is 1. The molecule has 0 aliphatic rings. The molecule has 0 aromatic carbocycles. The molecule has 0 heterocycles. The Morgan fingerprint density at radius 2 is 0.736 bits per heavy atom. The van der Waals surface area contributed by atoms with E-state index in [4.69, 9.17) is 13.8 Å². The highest BCUT2D eigenvalue weighted by Crippen LogP contribution is 2.38. The van der Waals surface area contributed by atoms with Gasteiger partial charge in [-0.25, -0.2) is 0 Å². The molecular weight excluding hydrogens is 1100 g/mol. The first-order valence-corrected chi connectivity index (χ1v) is 36.6. The van der Waals surface area contributed by atoms with Gasteiger partial charge in [0.15, 0.2) is 0 Å². The number of nitrogens with zero attached hydrogens (tertiary/aromatic N) is 1. The number of esters is 1. The molecule has 0 rings (SSSR count). The highest BCUT2D eigenvalue weighted by atomic mass is 31.2. The zero-order chi connectivity index (χ0) is 63.5. The van der Waals surface area contributed by atoms with Crippen LogP contribution in [0.4, 0.5) is 0 Å². The molecule has 9 nitrogen and oxygen atoms in total. The molecule has 3 atom stereocenters. The molecule has 1 N–H and O–H groups in total. The summed E-state index contributed by atoms with van der Waals surface area (Å²) in [6.07, 6.45) is 93.9. The van der Waals surface area contributed by atoms with Crippen LogP contribution < -0.4 is 10.2 Å². The molecule has 0 aromatic heterocycles. The summed E-state index contributed by atoms with van der Waals surface area (Å²) < 4.78 is 30.4. The molecule has 0 radical (unpaired) electrons. The zero-order valence-electron chi connectivity index (χ0n) is 56.7. The number of quaternary nitrogens is 1. The number of unbranched alkanes of at least 4 members (excludes halogenated alkanes) is 24. The Kier molecular flexibility index (Phi) is 61.8. The third kappa shape index (κ3) is 66.1. The van der Waals surface area contributed by atoms with Gasteiger partial charge in [-0.05, 0) is 128 Å². The fourth-order valence-corrected chi connectivity index (χ4v) is 10.2. The van der Waals surface area contributed by atoms with E-state index in [0.29, 0.717) is 23.9 Å². The summed E-state index contributed by atoms with van der Waals surface area (Å²) in [5.41, 5.74) is 0. The van der Waals surface area contributed by atoms with Gasteiger partial charge in [0.25, 0.3) is 7.82 Å². The molecule has 3 unspecified atom stereocenters. The van der Waals surface area contributed by atoms with Crippen molar-refractivity contribution in [2.45, 2.75) is 290 Å². The van der Waals surface area contributed by atoms with Crippen LogP contribution in [0, 0.1) is 0 Å². The van der Waals surface area contributed by atoms with Crippen molar-refractivity contribution in [2.24, 2.45) is 0 Å². The molecular formula is C77H131N2O7P. The van der Waals surface area contributed by atoms with Gasteiger partial charge >= 0.3 is 5.97 Å². The van der Waals surface area contributed by atoms with E-state index in [0.717, 1.165) is 148 Å². The van der Waals surface area contributed by atoms with E-state index in [9.17, 15) is 19.0 Å². The summed E-state index contributed by atoms with van der Waals surface area (Å²) in [6, 6.07) is -0.910. The van der Waals surface area contributed by atoms with Crippen molar-refractivity contribution in [2.75, 3.05) is 40.9 Å². The molecule has 1 amide bonds. The first kappa shape index (κ1) is 82.9. The third-order valence-electron chi connectivity index (χ3n) is 14.8. The van der Waals surface area contributed by atoms with E-state index < -0.39 is 26.6 Å². The van der Waals surface area contributed by atoms with Crippen LogP contribution in [0.15, 0.2) is 146 Å². The van der Waals surface area contributed by atoms with Crippen molar-refractivity contribution in [3.8, 4) is 0 Å². The van der Waals surface area contributed by atoms with Gasteiger partial charge in [-0.2, -0.15) is 0 Å². The van der Waals surface area contributed by atoms with E-state index in [1.807, 2.05) is 33.3 Å². The quantitative estimate of drug-likeness (QED) is 0.0212. The molecule has 0 fully saturated rings. The van der Waals surface area contributed by atoms with Gasteiger partial charge in [0, 0.05) is 12.8 Å². The van der Waals surface area contributed by atoms with Crippen molar-refractivity contribution in [3.05, 3.63) is 146 Å². The first-order valence-electron chi connectivity index (χ1n) is 35.1. The fraction of sp³-hybridized carbons (Fsp3) is 0.662. The maximum Gasteiger partial charge on any atom is 0.306 e. The second-order valence-corrected chi connectivity index (χ2v) is 25.7. The van der Waals surface area contributed by atoms with Crippen molar-refractivity contribution in [1.82, 2.24) is 5.32 Å². The Morgan fingerprint density at radius 1 is 0.414 bits per heavy atom. The number of amides is 1. The normalized spacial score (nSPS) is 14.4. The Morgan fingerprint density at radius 3 is 1.10 bits per heavy atom. The van der Waals surface area contributed by atoms with E-state index in [1.54, 1.807) is 0 Å². The topological polar surface area (TPSA) is 114 Å². The number of nitrogens with one attached hydrogen (secondary N) is 1. The van der Waals surface area contributed by atoms with Crippen LogP contribution >= 0.6 is 7.82 Å². The lowest BCUT2D eigenvalue weighted by molar-refractivity contribution is -0.870. The largest absolute Gasteiger partial charge is 0.756 e. The third-order valence-corrected chi connectivity index (χ3v) is 15.7. The van der Waals surface area contributed by atoms with Crippen LogP contribution in [0.25, 0.3) is 0 Å². The minimum Gasteiger partial charge on any atom is -0.756 e. The average Bonchev–Trinajstić information content (AvgIpc) is 3.70. The minimum absolute atomic E-state index is 0.0339. The van der Waals surface area contributed by atoms with Gasteiger partial charge in [-0.1, -0.05) is 283 Å². The molecule has 10 heteroatoms. The lowest BCUT2D eigenvalue weighted by Gasteiger charge is -2.30. The highest BCUT2D eigenvalue weighted by molar-refractivity contribution is 7.45. The molecule has 0 aliphatic carbocycles. The second-order valence-electron chi connectivity index (χ2n) is 24.3. The SMILES string of the molecule is CC/C=C\C/C=C\C/C=C\C/C=C\C/C=C\C/C=C\CCCCCCCCCCC(=O)NC(COP(=O)([O-])OCC[N+](C)(C)C)C(/C=C\CCCCCCCCCCC)OC(=O)CCCCCCCCC/C=C\C/C=C\C/C=C\C/C=C\C/C=C\CC. The number of hydrogen-bond donors (Lipinski definition) is 1. The number of ether oxygens (including phenoxy) is 1. The van der Waals surface area contributed by atoms with Crippen LogP contribution in [0.1, 0.15) is 278 Å². The van der Waals surface area contributed by atoms with E-state index in [-0.39, 0.29) is 24.9 Å². The maximum atomic E-state index is 13.6. The molecule has 0 aliphatic heterocycles. The summed E-state index contributed by atoms with van der Waals surface area (Å²) in [4.78, 5) is 40.2. The Hall–Kier alpha value is -4.11. The van der Waals surface area contributed by atoms with Crippen LogP contribution in [0.5, 0.6) is 0 Å². The molecule has 0 saturated heterocycles. The van der Waals surface area contributed by atoms with E-state index in [2.05, 4.69) is 160 Å². The summed E-state index contributed by atoms with van der Waals surface area (Å²) in [5.74, 6) is -0.571. The molecule has 87 heavy (non-hydrogen) atoms. The number of carbonyl (C=O) groups excluding carboxylic acids is 2. The number of phosphoric acid groups is 1. The van der Waals surface area contributed by atoms with Crippen molar-refractivity contribution in [1.29, 1.82) is 0 Å². The van der Waals surface area contributed by atoms with Crippen molar-refractivity contribution in [3.63, 3.8) is 0 Å². The molecule has 0 bridgehead atoms. The molecule has 0 saturated carbocycles. The van der Waals surface area contributed by atoms with Crippen molar-refractivity contribution < 1.29 is 37.3 Å². The summed E-state index contributed by atoms with van der Waals surface area (Å²) in [6.45, 7) is 6.59. The number of phosphoric ester groups is 1. The standard InChI is InChI=1S/C77H131N2O7P/c1-7-10-13-16-19-22-25-27-29-31-33-35-37-38-39-40-42-43-45-47-49-51-54-57-60-63-66-69-76(80)78-74(73-85-87(82,83)84-72-71-79(4,5)6)75(68-65-62-59-56-53-24-21-18-15-12-9-3)86-77(81)70-67-64-61-58-55-52-50-48-46-44-41-36-34-32-30-28-26-23-20-17-14-11-8-2/h10-11,13-14,19-20,22-23,27-30,33-36,38-39,42-44,46,65,68,74-75H,7-9,12,15-18,21,24-26,31-32,37,40-41,45,47-64,66-67,69-73H2,1-6H3,(H-,78,80,82,83)/b13-10-,14-11-,22-19-,23-20-,29-27-,30-28-,35-33-,36-34-,39-38-,43-42-,46-44-,68-65-. The Bertz CT molecular complexity index is 2000. The van der Waals surface area contributed by atoms with Gasteiger partial charge in [0.1, 0.15) is 19.3 Å². The minimum atomic E-state index is -4.72. The van der Waals surface area contributed by atoms with Crippen molar-refractivity contribution >= 4 is 19.7 Å². The van der Waals surface area contributed by atoms with Gasteiger partial charge in [-0.15, -0.1) is 0 Å². The predicted octanol–water partition coefficient (Wildman–Crippen LogP) is 21.9. The first-order chi connectivity index (χ1) is 42.4. The fourth-order valence-electron chi connectivity index (χ4n) is 9.43. The molecule has 496 valence electrons. The summed E-state index contributed by atoms with van der Waals surface area (Å²) >= 11 is 0. The van der Waals surface area contributed by atoms with Gasteiger partial charge < -0.3 is 28.5 Å². The highest BCUT2D eigenvalue weighted by Gasteiger charge is 2.27. The van der Waals surface area contributed by atoms with Crippen LogP contribution in [0.2, 0.25) is 0 Å². The van der Waals surface area contributed by atoms with Crippen LogP contribution in [-0.2, 0) is 27.9 Å². The Labute approximate surface area is 536 Å². The monoisotopic (exact) mass is 1230 g/mol. The lowest BCUT2D eigenvalue weighted by atomic mass is 10.0. The number of hydrogen-bond acceptors (Lipinski definition) is 7. The van der Waals surface area contributed by atoms with Gasteiger partial charge in [-0.3, -0.25) is 14.2 Å². The lowest BCUT2D eigenvalue weighted by Crippen LogP contribution is -2.47. The summed E-state index contributed by atoms with van der Waals surface area (Å²) in [7, 11) is 1.15. The zero-order valence-corrected chi connectivity index (χ0v) is 57.6. The summed E-state index contributed by atoms with van der Waals surface area (Å²) in [5, 5.41) is 3.03. The van der Waals surface area contributed by atoms with E-state index >= 15 is 0 Å². The number of allylic oxidation sites excluding steroid dienone is 23. The smallest absolute Gasteiger partial charge is 0.306 e. The van der Waals surface area contributed by atoms with E-state index in [1.165, 1.54) is 89.9 Å². The van der Waals surface area contributed by atoms with Crippen LogP contribution in [-0.4, -0.2) is 69.4 Å². The molecule has 0 aromatic rings. The number of carbonyl (C=O) groups is 2. The van der Waals surface area contributed by atoms with Gasteiger partial charge in [0.05, 0.1) is 33.8 Å². The second kappa shape index (κ2) is 64.9.